The van der Waals surface area contributed by atoms with Crippen molar-refractivity contribution in [2.75, 3.05) is 14.1 Å². The van der Waals surface area contributed by atoms with Crippen LogP contribution < -0.4 is 5.32 Å². The second-order valence-corrected chi connectivity index (χ2v) is 9.68. The van der Waals surface area contributed by atoms with Gasteiger partial charge < -0.3 is 9.88 Å². The summed E-state index contributed by atoms with van der Waals surface area (Å²) in [7, 11) is 0.962. The number of amides is 1. The zero-order valence-corrected chi connectivity index (χ0v) is 18.9. The van der Waals surface area contributed by atoms with E-state index in [2.05, 4.69) is 10.3 Å². The van der Waals surface area contributed by atoms with Gasteiger partial charge in [-0.1, -0.05) is 12.1 Å². The Kier molecular flexibility index (Phi) is 6.28. The van der Waals surface area contributed by atoms with E-state index < -0.39 is 22.0 Å². The van der Waals surface area contributed by atoms with Gasteiger partial charge in [-0.05, 0) is 54.8 Å². The van der Waals surface area contributed by atoms with Crippen LogP contribution in [0.25, 0.3) is 0 Å². The van der Waals surface area contributed by atoms with Gasteiger partial charge in [-0.15, -0.1) is 0 Å². The zero-order chi connectivity index (χ0) is 22.9. The van der Waals surface area contributed by atoms with E-state index in [-0.39, 0.29) is 16.3 Å². The monoisotopic (exact) mass is 444 g/mol. The molecule has 1 N–H and O–H groups in total. The van der Waals surface area contributed by atoms with Crippen molar-refractivity contribution in [3.8, 4) is 0 Å². The SMILES string of the molecule is Cc1cc(C(=O)NC(c2ccc(F)cc2)c2nccn2C)cc(S(=O)(=O)N(C)C)c1C. The normalized spacial score (nSPS) is 12.7. The summed E-state index contributed by atoms with van der Waals surface area (Å²) in [4.78, 5) is 17.6. The molecule has 0 aliphatic heterocycles. The lowest BCUT2D eigenvalue weighted by Gasteiger charge is -2.21. The predicted octanol–water partition coefficient (Wildman–Crippen LogP) is 2.95. The molecule has 1 amide bonds. The predicted molar refractivity (Wildman–Crippen MR) is 116 cm³/mol. The summed E-state index contributed by atoms with van der Waals surface area (Å²) in [6.07, 6.45) is 3.35. The number of imidazole rings is 1. The molecule has 31 heavy (non-hydrogen) atoms. The first kappa shape index (κ1) is 22.6. The lowest BCUT2D eigenvalue weighted by molar-refractivity contribution is 0.0941. The largest absolute Gasteiger partial charge is 0.338 e. The van der Waals surface area contributed by atoms with Crippen molar-refractivity contribution in [1.82, 2.24) is 19.2 Å². The highest BCUT2D eigenvalue weighted by Crippen LogP contribution is 2.25. The van der Waals surface area contributed by atoms with Crippen molar-refractivity contribution < 1.29 is 17.6 Å². The smallest absolute Gasteiger partial charge is 0.252 e. The number of aryl methyl sites for hydroxylation is 2. The number of aromatic nitrogens is 2. The molecule has 1 unspecified atom stereocenters. The second kappa shape index (κ2) is 8.60. The number of hydrogen-bond acceptors (Lipinski definition) is 4. The van der Waals surface area contributed by atoms with Crippen molar-refractivity contribution in [2.45, 2.75) is 24.8 Å². The molecule has 0 saturated carbocycles. The third-order valence-electron chi connectivity index (χ3n) is 5.24. The van der Waals surface area contributed by atoms with Gasteiger partial charge in [0.2, 0.25) is 10.0 Å². The maximum absolute atomic E-state index is 13.4. The Morgan fingerprint density at radius 3 is 2.35 bits per heavy atom. The third kappa shape index (κ3) is 4.52. The number of rotatable bonds is 6. The van der Waals surface area contributed by atoms with Crippen LogP contribution in [0.4, 0.5) is 4.39 Å². The van der Waals surface area contributed by atoms with Gasteiger partial charge in [0.1, 0.15) is 17.7 Å². The minimum atomic E-state index is -3.73. The summed E-state index contributed by atoms with van der Waals surface area (Å²) in [5.41, 5.74) is 2.13. The van der Waals surface area contributed by atoms with Crippen molar-refractivity contribution >= 4 is 15.9 Å². The van der Waals surface area contributed by atoms with Crippen molar-refractivity contribution in [1.29, 1.82) is 0 Å². The van der Waals surface area contributed by atoms with Gasteiger partial charge in [0.05, 0.1) is 4.90 Å². The van der Waals surface area contributed by atoms with Gasteiger partial charge in [0.25, 0.3) is 5.91 Å². The van der Waals surface area contributed by atoms with Gasteiger partial charge in [-0.2, -0.15) is 0 Å². The number of halogens is 1. The van der Waals surface area contributed by atoms with Crippen molar-refractivity contribution in [3.05, 3.63) is 82.7 Å². The molecule has 1 atom stereocenters. The fourth-order valence-corrected chi connectivity index (χ4v) is 4.46. The molecule has 0 radical (unpaired) electrons. The van der Waals surface area contributed by atoms with Crippen LogP contribution in [0.5, 0.6) is 0 Å². The fourth-order valence-electron chi connectivity index (χ4n) is 3.24. The number of carbonyl (C=O) groups excluding carboxylic acids is 1. The molecule has 0 aliphatic carbocycles. The Labute approximate surface area is 181 Å². The van der Waals surface area contributed by atoms with E-state index in [0.717, 1.165) is 4.31 Å². The van der Waals surface area contributed by atoms with Crippen LogP contribution in [0.3, 0.4) is 0 Å². The second-order valence-electron chi connectivity index (χ2n) is 7.56. The maximum atomic E-state index is 13.4. The van der Waals surface area contributed by atoms with Crippen LogP contribution in [-0.4, -0.2) is 42.3 Å². The average molecular weight is 445 g/mol. The molecule has 3 aromatic rings. The summed E-state index contributed by atoms with van der Waals surface area (Å²) in [5, 5.41) is 2.91. The topological polar surface area (TPSA) is 84.3 Å². The molecule has 0 bridgehead atoms. The molecule has 1 aromatic heterocycles. The van der Waals surface area contributed by atoms with Crippen LogP contribution in [-0.2, 0) is 17.1 Å². The lowest BCUT2D eigenvalue weighted by atomic mass is 10.0. The highest BCUT2D eigenvalue weighted by molar-refractivity contribution is 7.89. The molecule has 7 nitrogen and oxygen atoms in total. The maximum Gasteiger partial charge on any atom is 0.252 e. The van der Waals surface area contributed by atoms with Gasteiger partial charge in [-0.25, -0.2) is 22.1 Å². The summed E-state index contributed by atoms with van der Waals surface area (Å²) in [5.74, 6) is -0.290. The number of carbonyl (C=O) groups is 1. The molecule has 9 heteroatoms. The van der Waals surface area contributed by atoms with Gasteiger partial charge in [0.15, 0.2) is 0 Å². The minimum Gasteiger partial charge on any atom is -0.338 e. The molecule has 0 spiro atoms. The summed E-state index contributed by atoms with van der Waals surface area (Å²) < 4.78 is 41.8. The van der Waals surface area contributed by atoms with Crippen LogP contribution in [0.15, 0.2) is 53.7 Å². The van der Waals surface area contributed by atoms with E-state index in [1.165, 1.54) is 32.3 Å². The molecule has 0 fully saturated rings. The highest BCUT2D eigenvalue weighted by atomic mass is 32.2. The Morgan fingerprint density at radius 2 is 1.81 bits per heavy atom. The van der Waals surface area contributed by atoms with Gasteiger partial charge >= 0.3 is 0 Å². The standard InChI is InChI=1S/C22H25FN4O3S/c1-14-12-17(13-19(15(14)2)31(29,30)26(3)4)22(28)25-20(21-24-10-11-27(21)5)16-6-8-18(23)9-7-16/h6-13,20H,1-5H3,(H,25,28). The van der Waals surface area contributed by atoms with Crippen molar-refractivity contribution in [3.63, 3.8) is 0 Å². The molecule has 3 rings (SSSR count). The van der Waals surface area contributed by atoms with E-state index >= 15 is 0 Å². The Balaban J connectivity index is 2.04. The third-order valence-corrected chi connectivity index (χ3v) is 7.18. The quantitative estimate of drug-likeness (QED) is 0.634. The number of nitrogens with one attached hydrogen (secondary N) is 1. The van der Waals surface area contributed by atoms with Crippen LogP contribution >= 0.6 is 0 Å². The Bertz CT molecular complexity index is 1220. The number of benzene rings is 2. The number of hydrogen-bond donors (Lipinski definition) is 1. The summed E-state index contributed by atoms with van der Waals surface area (Å²) >= 11 is 0. The zero-order valence-electron chi connectivity index (χ0n) is 18.0. The van der Waals surface area contributed by atoms with Crippen LogP contribution in [0.2, 0.25) is 0 Å². The van der Waals surface area contributed by atoms with Gasteiger partial charge in [0, 0.05) is 39.1 Å². The lowest BCUT2D eigenvalue weighted by Crippen LogP contribution is -2.31. The summed E-state index contributed by atoms with van der Waals surface area (Å²) in [6, 6.07) is 8.18. The molecule has 1 heterocycles. The van der Waals surface area contributed by atoms with Gasteiger partial charge in [-0.3, -0.25) is 4.79 Å². The van der Waals surface area contributed by atoms with Crippen molar-refractivity contribution in [2.24, 2.45) is 7.05 Å². The molecule has 0 aliphatic rings. The first-order valence-corrected chi connectivity index (χ1v) is 11.0. The van der Waals surface area contributed by atoms with E-state index in [1.54, 1.807) is 56.1 Å². The fraction of sp³-hybridized carbons (Fsp3) is 0.273. The van der Waals surface area contributed by atoms with E-state index in [1.807, 2.05) is 0 Å². The van der Waals surface area contributed by atoms with Crippen LogP contribution in [0.1, 0.15) is 38.9 Å². The average Bonchev–Trinajstić information content (AvgIpc) is 3.14. The molecule has 0 saturated heterocycles. The first-order chi connectivity index (χ1) is 14.5. The highest BCUT2D eigenvalue weighted by Gasteiger charge is 2.25. The van der Waals surface area contributed by atoms with E-state index in [9.17, 15) is 17.6 Å². The molecule has 164 valence electrons. The molecular formula is C22H25FN4O3S. The Hall–Kier alpha value is -3.04. The van der Waals surface area contributed by atoms with E-state index in [4.69, 9.17) is 0 Å². The Morgan fingerprint density at radius 1 is 1.16 bits per heavy atom. The molecule has 2 aromatic carbocycles. The van der Waals surface area contributed by atoms with Crippen LogP contribution in [0, 0.1) is 19.7 Å². The first-order valence-electron chi connectivity index (χ1n) is 9.59. The summed E-state index contributed by atoms with van der Waals surface area (Å²) in [6.45, 7) is 3.47. The van der Waals surface area contributed by atoms with E-state index in [0.29, 0.717) is 22.5 Å². The minimum absolute atomic E-state index is 0.0815. The number of sulfonamides is 1. The molecular weight excluding hydrogens is 419 g/mol. The number of nitrogens with zero attached hydrogens (tertiary/aromatic N) is 3.